The number of halogens is 2. The molecule has 0 spiro atoms. The molecule has 0 bridgehead atoms. The lowest BCUT2D eigenvalue weighted by Crippen LogP contribution is -2.55. The van der Waals surface area contributed by atoms with E-state index in [1.54, 1.807) is 37.7 Å². The van der Waals surface area contributed by atoms with Crippen LogP contribution in [0.1, 0.15) is 102 Å². The highest BCUT2D eigenvalue weighted by atomic mass is 32.2. The minimum Gasteiger partial charge on any atom is -0.356 e. The van der Waals surface area contributed by atoms with E-state index in [1.807, 2.05) is 60.7 Å². The van der Waals surface area contributed by atoms with Crippen molar-refractivity contribution in [1.29, 1.82) is 0 Å². The first-order valence-electron chi connectivity index (χ1n) is 29.9. The summed E-state index contributed by atoms with van der Waals surface area (Å²) in [4.78, 5) is 84.3. The topological polar surface area (TPSA) is 256 Å². The predicted octanol–water partition coefficient (Wildman–Crippen LogP) is 4.65. The SMILES string of the molecule is CN[C@@H](C)C(=O)NC(CCCNC(=O)CCCCC(=O)NCCC[C@H](NC(=O)[C@H](C)NC)C(=O)N1CCC[C@H]1CN(CCc1ccccc1)S(=O)(=O)c1ccc(F)cc1)C(=O)N1CCC[C@H]1CN(CCc1ccccc1)S(=O)(=O)c1ccc(F)cc1. The van der Waals surface area contributed by atoms with E-state index in [-0.39, 0.29) is 98.4 Å². The average molecular weight is 1230 g/mol. The third-order valence-corrected chi connectivity index (χ3v) is 19.7. The minimum absolute atomic E-state index is 0.0106. The van der Waals surface area contributed by atoms with Gasteiger partial charge in [-0.1, -0.05) is 60.7 Å². The van der Waals surface area contributed by atoms with Crippen molar-refractivity contribution < 1.29 is 54.4 Å². The Kier molecular flexibility index (Phi) is 27.1. The number of rotatable bonds is 35. The molecule has 6 N–H and O–H groups in total. The monoisotopic (exact) mass is 1230 g/mol. The fraction of sp³-hybridized carbons (Fsp3) is 0.516. The largest absolute Gasteiger partial charge is 0.356 e. The average Bonchev–Trinajstić information content (AvgIpc) is 3.48. The van der Waals surface area contributed by atoms with Crippen molar-refractivity contribution >= 4 is 55.5 Å². The molecule has 1 unspecified atom stereocenters. The standard InChI is InChI=1S/C62H86F2N10O10S2/c1-45(65-3)59(77)69-55(61(79)73-39-15-21-51(73)43-71(41-35-47-17-7-5-8-18-47)85(81,82)53-31-27-49(63)28-32-53)23-13-37-67-57(75)25-11-12-26-58(76)68-38-14-24-56(70-60(78)46(2)66-4)62(80)74-40-16-22-52(74)44-72(42-36-48-19-9-6-10-20-48)86(83,84)54-33-29-50(64)30-34-54/h5-10,17-20,27-34,45-46,51-52,55-56,65-66H,11-16,21-26,35-44H2,1-4H3,(H,67,75)(H,68,76)(H,69,77)(H,70,78)/t45-,46-,51-,52-,55-,56?/m0/s1. The molecular weight excluding hydrogens is 1150 g/mol. The zero-order chi connectivity index (χ0) is 62.2. The van der Waals surface area contributed by atoms with Crippen LogP contribution in [0.3, 0.4) is 0 Å². The smallest absolute Gasteiger partial charge is 0.245 e. The summed E-state index contributed by atoms with van der Waals surface area (Å²) >= 11 is 0. The van der Waals surface area contributed by atoms with Crippen molar-refractivity contribution in [3.8, 4) is 0 Å². The number of amides is 6. The molecule has 2 fully saturated rings. The molecule has 0 saturated carbocycles. The van der Waals surface area contributed by atoms with Crippen LogP contribution in [0.4, 0.5) is 8.78 Å². The second-order valence-electron chi connectivity index (χ2n) is 22.1. The summed E-state index contributed by atoms with van der Waals surface area (Å²) in [5, 5.41) is 17.3. The Balaban J connectivity index is 0.964. The second kappa shape index (κ2) is 34.0. The van der Waals surface area contributed by atoms with Gasteiger partial charge in [0.05, 0.1) is 21.9 Å². The van der Waals surface area contributed by atoms with Crippen LogP contribution in [0.15, 0.2) is 119 Å². The molecule has 0 aromatic heterocycles. The Hall–Kier alpha value is -6.70. The summed E-state index contributed by atoms with van der Waals surface area (Å²) < 4.78 is 86.8. The van der Waals surface area contributed by atoms with E-state index in [0.717, 1.165) is 35.4 Å². The summed E-state index contributed by atoms with van der Waals surface area (Å²) in [7, 11) is -4.96. The highest BCUT2D eigenvalue weighted by molar-refractivity contribution is 7.89. The van der Waals surface area contributed by atoms with E-state index < -0.39 is 79.7 Å². The highest BCUT2D eigenvalue weighted by Crippen LogP contribution is 2.27. The molecule has 0 aliphatic carbocycles. The molecular formula is C62H86F2N10O10S2. The number of unbranched alkanes of at least 4 members (excludes halogenated alkanes) is 1. The molecule has 2 aliphatic rings. The maximum Gasteiger partial charge on any atom is 0.245 e. The van der Waals surface area contributed by atoms with Crippen molar-refractivity contribution in [3.05, 3.63) is 132 Å². The molecule has 20 nitrogen and oxygen atoms in total. The lowest BCUT2D eigenvalue weighted by molar-refractivity contribution is -0.138. The molecule has 470 valence electrons. The molecule has 2 saturated heterocycles. The lowest BCUT2D eigenvalue weighted by Gasteiger charge is -2.33. The van der Waals surface area contributed by atoms with Gasteiger partial charge in [-0.05, 0) is 165 Å². The third kappa shape index (κ3) is 20.5. The van der Waals surface area contributed by atoms with Gasteiger partial charge in [0.25, 0.3) is 0 Å². The lowest BCUT2D eigenvalue weighted by atomic mass is 10.1. The Morgan fingerprint density at radius 3 is 1.24 bits per heavy atom. The number of likely N-dealkylation sites (N-methyl/N-ethyl adjacent to an activating group) is 2. The van der Waals surface area contributed by atoms with Gasteiger partial charge >= 0.3 is 0 Å². The molecule has 86 heavy (non-hydrogen) atoms. The number of benzene rings is 4. The first kappa shape index (κ1) is 68.4. The Labute approximate surface area is 506 Å². The van der Waals surface area contributed by atoms with Crippen LogP contribution in [0.25, 0.3) is 0 Å². The molecule has 4 aromatic carbocycles. The van der Waals surface area contributed by atoms with E-state index in [2.05, 4.69) is 31.9 Å². The summed E-state index contributed by atoms with van der Waals surface area (Å²) in [6.07, 6.45) is 5.22. The van der Waals surface area contributed by atoms with Gasteiger partial charge in [0.2, 0.25) is 55.5 Å². The highest BCUT2D eigenvalue weighted by Gasteiger charge is 2.39. The van der Waals surface area contributed by atoms with Crippen molar-refractivity contribution in [2.24, 2.45) is 0 Å². The van der Waals surface area contributed by atoms with Crippen LogP contribution in [-0.2, 0) is 61.7 Å². The molecule has 6 amide bonds. The van der Waals surface area contributed by atoms with Gasteiger partial charge in [-0.2, -0.15) is 8.61 Å². The molecule has 24 heteroatoms. The zero-order valence-corrected chi connectivity index (χ0v) is 51.5. The Morgan fingerprint density at radius 2 is 0.895 bits per heavy atom. The number of carbonyl (C=O) groups is 6. The summed E-state index contributed by atoms with van der Waals surface area (Å²) in [6, 6.07) is 24.0. The first-order valence-corrected chi connectivity index (χ1v) is 32.8. The van der Waals surface area contributed by atoms with Gasteiger partial charge in [-0.25, -0.2) is 25.6 Å². The van der Waals surface area contributed by atoms with Crippen LogP contribution in [-0.4, -0.2) is 173 Å². The molecule has 2 aliphatic heterocycles. The van der Waals surface area contributed by atoms with Crippen molar-refractivity contribution in [2.75, 3.05) is 66.5 Å². The van der Waals surface area contributed by atoms with E-state index >= 15 is 0 Å². The molecule has 0 radical (unpaired) electrons. The number of hydrogen-bond donors (Lipinski definition) is 6. The van der Waals surface area contributed by atoms with Gasteiger partial charge in [0.1, 0.15) is 23.7 Å². The predicted molar refractivity (Wildman–Crippen MR) is 324 cm³/mol. The first-order chi connectivity index (χ1) is 41.2. The van der Waals surface area contributed by atoms with Crippen molar-refractivity contribution in [3.63, 3.8) is 0 Å². The zero-order valence-electron chi connectivity index (χ0n) is 49.9. The van der Waals surface area contributed by atoms with E-state index in [0.29, 0.717) is 77.3 Å². The Morgan fingerprint density at radius 1 is 0.535 bits per heavy atom. The maximum atomic E-state index is 14.4. The van der Waals surface area contributed by atoms with Gasteiger partial charge in [-0.15, -0.1) is 0 Å². The number of carbonyl (C=O) groups excluding carboxylic acids is 6. The van der Waals surface area contributed by atoms with Crippen LogP contribution in [0, 0.1) is 11.6 Å². The fourth-order valence-electron chi connectivity index (χ4n) is 10.6. The maximum absolute atomic E-state index is 14.4. The molecule has 6 rings (SSSR count). The van der Waals surface area contributed by atoms with E-state index in [4.69, 9.17) is 0 Å². The van der Waals surface area contributed by atoms with Crippen LogP contribution in [0.2, 0.25) is 0 Å². The van der Waals surface area contributed by atoms with E-state index in [9.17, 15) is 54.4 Å². The van der Waals surface area contributed by atoms with Crippen LogP contribution < -0.4 is 31.9 Å². The minimum atomic E-state index is -4.10. The number of sulfonamides is 2. The van der Waals surface area contributed by atoms with E-state index in [1.165, 1.54) is 32.9 Å². The quantitative estimate of drug-likeness (QED) is 0.0345. The number of likely N-dealkylation sites (tertiary alicyclic amines) is 2. The van der Waals surface area contributed by atoms with Gasteiger partial charge in [-0.3, -0.25) is 28.8 Å². The van der Waals surface area contributed by atoms with Crippen molar-refractivity contribution in [2.45, 2.75) is 150 Å². The normalized spacial score (nSPS) is 16.8. The van der Waals surface area contributed by atoms with Gasteiger partial charge < -0.3 is 41.7 Å². The fourth-order valence-corrected chi connectivity index (χ4v) is 13.6. The van der Waals surface area contributed by atoms with Crippen molar-refractivity contribution in [1.82, 2.24) is 50.3 Å². The third-order valence-electron chi connectivity index (χ3n) is 16.0. The summed E-state index contributed by atoms with van der Waals surface area (Å²) in [6.45, 7) is 4.64. The van der Waals surface area contributed by atoms with Crippen LogP contribution in [0.5, 0.6) is 0 Å². The number of hydrogen-bond acceptors (Lipinski definition) is 12. The molecule has 6 atom stereocenters. The molecule has 4 aromatic rings. The number of nitrogens with zero attached hydrogens (tertiary/aromatic N) is 4. The summed E-state index contributed by atoms with van der Waals surface area (Å²) in [5.41, 5.74) is 1.85. The van der Waals surface area contributed by atoms with Gasteiger partial charge in [0.15, 0.2) is 0 Å². The summed E-state index contributed by atoms with van der Waals surface area (Å²) in [5.74, 6) is -3.16. The second-order valence-corrected chi connectivity index (χ2v) is 26.0. The molecule has 2 heterocycles. The Bertz CT molecular complexity index is 2860. The van der Waals surface area contributed by atoms with Gasteiger partial charge in [0, 0.05) is 77.3 Å². The van der Waals surface area contributed by atoms with Crippen LogP contribution >= 0.6 is 0 Å². The number of nitrogens with one attached hydrogen (secondary N) is 6.